The molecule has 0 unspecified atom stereocenters. The molecule has 0 aromatic rings. The minimum absolute atomic E-state index is 0.889. The zero-order valence-electron chi connectivity index (χ0n) is 19.0. The first-order chi connectivity index (χ1) is 13.5. The van der Waals surface area contributed by atoms with Crippen molar-refractivity contribution in [1.82, 2.24) is 0 Å². The van der Waals surface area contributed by atoms with Crippen molar-refractivity contribution in [2.24, 2.45) is 35.5 Å². The van der Waals surface area contributed by atoms with Crippen LogP contribution >= 0.6 is 7.14 Å². The summed E-state index contributed by atoms with van der Waals surface area (Å²) in [4.78, 5) is 0. The van der Waals surface area contributed by atoms with Crippen LogP contribution in [0.15, 0.2) is 0 Å². The maximum atomic E-state index is 3.05. The normalized spacial score (nSPS) is 51.7. The third kappa shape index (κ3) is 2.74. The molecular formula is C25H45B2P. The molecule has 0 N–H and O–H groups in total. The number of rotatable bonds is 7. The number of hydrogen-bond acceptors (Lipinski definition) is 0. The fraction of sp³-hybridized carbons (Fsp3) is 1.00. The van der Waals surface area contributed by atoms with E-state index in [4.69, 9.17) is 0 Å². The molecule has 0 amide bonds. The van der Waals surface area contributed by atoms with Crippen molar-refractivity contribution >= 4 is 22.6 Å². The van der Waals surface area contributed by atoms with E-state index >= 15 is 0 Å². The Hall–Kier alpha value is 0.560. The molecule has 3 heteroatoms. The van der Waals surface area contributed by atoms with E-state index in [1.54, 1.807) is 89.6 Å². The summed E-state index contributed by atoms with van der Waals surface area (Å²) in [6, 6.07) is 0. The average Bonchev–Trinajstić information content (AvgIpc) is 2.62. The van der Waals surface area contributed by atoms with Gasteiger partial charge < -0.3 is 0 Å². The summed E-state index contributed by atoms with van der Waals surface area (Å²) in [5.74, 6) is 6.93. The molecule has 0 aliphatic heterocycles. The molecule has 0 heterocycles. The van der Waals surface area contributed by atoms with Crippen LogP contribution in [0.3, 0.4) is 0 Å². The minimum atomic E-state index is -1.30. The van der Waals surface area contributed by atoms with Gasteiger partial charge in [0, 0.05) is 0 Å². The third-order valence-corrected chi connectivity index (χ3v) is 19.2. The van der Waals surface area contributed by atoms with Gasteiger partial charge in [-0.05, 0) is 0 Å². The summed E-state index contributed by atoms with van der Waals surface area (Å²) in [6.07, 6.45) is 27.8. The molecule has 8 saturated carbocycles. The van der Waals surface area contributed by atoms with E-state index in [1.807, 2.05) is 0 Å². The van der Waals surface area contributed by atoms with Crippen molar-refractivity contribution in [2.75, 3.05) is 6.16 Å². The fourth-order valence-electron chi connectivity index (χ4n) is 11.6. The summed E-state index contributed by atoms with van der Waals surface area (Å²) in [5, 5.41) is 1.78. The predicted octanol–water partition coefficient (Wildman–Crippen LogP) is 5.44. The van der Waals surface area contributed by atoms with Crippen LogP contribution < -0.4 is 0 Å². The van der Waals surface area contributed by atoms with Crippen molar-refractivity contribution in [3.8, 4) is 0 Å². The van der Waals surface area contributed by atoms with Gasteiger partial charge in [0.25, 0.3) is 0 Å². The van der Waals surface area contributed by atoms with Crippen LogP contribution in [0.5, 0.6) is 0 Å². The van der Waals surface area contributed by atoms with Crippen molar-refractivity contribution in [2.45, 2.75) is 113 Å². The Balaban J connectivity index is 1.37. The number of unbranched alkanes of at least 4 members (excludes halogenated alkanes) is 2. The topological polar surface area (TPSA) is 0 Å². The summed E-state index contributed by atoms with van der Waals surface area (Å²) in [7, 11) is 4.15. The quantitative estimate of drug-likeness (QED) is 0.304. The van der Waals surface area contributed by atoms with Gasteiger partial charge in [0.15, 0.2) is 0 Å². The van der Waals surface area contributed by atoms with Crippen LogP contribution in [-0.4, -0.2) is 31.9 Å². The molecular weight excluding hydrogens is 353 g/mol. The number of hydrogen-bond donors (Lipinski definition) is 0. The molecule has 0 atom stereocenters. The van der Waals surface area contributed by atoms with Gasteiger partial charge in [0.1, 0.15) is 0 Å². The molecule has 8 aliphatic rings. The van der Waals surface area contributed by atoms with E-state index in [0.717, 1.165) is 45.8 Å². The molecule has 8 bridgehead atoms. The van der Waals surface area contributed by atoms with Gasteiger partial charge in [-0.25, -0.2) is 0 Å². The molecule has 8 aliphatic carbocycles. The third-order valence-electron chi connectivity index (χ3n) is 11.9. The van der Waals surface area contributed by atoms with E-state index in [1.165, 1.54) is 19.2 Å². The Morgan fingerprint density at radius 2 is 0.929 bits per heavy atom. The molecule has 0 saturated heterocycles. The molecule has 0 radical (unpaired) electrons. The summed E-state index contributed by atoms with van der Waals surface area (Å²) >= 11 is 0. The van der Waals surface area contributed by atoms with Gasteiger partial charge >= 0.3 is 177 Å². The molecule has 0 aromatic heterocycles. The standard InChI is InChI=1S/C25H45B2P/c26-4-2-1-3-5-28(27,24-12-18-6-19(13-24)8-20(7-18)14-24)25-15-21-9-22(16-25)11-23(10-21)17-25/h18-23,28H,1-17,26-27H2/t18-,19+,20?,21-,22+,23?,24?,25?. The second-order valence-corrected chi connectivity index (χ2v) is 18.8. The molecule has 156 valence electrons. The maximum absolute atomic E-state index is 3.05. The zero-order valence-corrected chi connectivity index (χ0v) is 20.0. The van der Waals surface area contributed by atoms with Crippen molar-refractivity contribution in [3.63, 3.8) is 0 Å². The Morgan fingerprint density at radius 1 is 0.571 bits per heavy atom. The first-order valence-corrected chi connectivity index (χ1v) is 16.2. The van der Waals surface area contributed by atoms with Crippen LogP contribution in [-0.2, 0) is 0 Å². The van der Waals surface area contributed by atoms with Gasteiger partial charge in [-0.15, -0.1) is 0 Å². The van der Waals surface area contributed by atoms with Gasteiger partial charge in [-0.3, -0.25) is 0 Å². The van der Waals surface area contributed by atoms with E-state index in [2.05, 4.69) is 15.4 Å². The van der Waals surface area contributed by atoms with Crippen molar-refractivity contribution in [1.29, 1.82) is 0 Å². The second kappa shape index (κ2) is 6.78. The van der Waals surface area contributed by atoms with Crippen LogP contribution in [0.4, 0.5) is 0 Å². The summed E-state index contributed by atoms with van der Waals surface area (Å²) < 4.78 is 0. The molecule has 8 rings (SSSR count). The average molecular weight is 398 g/mol. The molecule has 8 fully saturated rings. The Morgan fingerprint density at radius 3 is 1.25 bits per heavy atom. The van der Waals surface area contributed by atoms with Gasteiger partial charge in [-0.2, -0.15) is 0 Å². The van der Waals surface area contributed by atoms with E-state index in [9.17, 15) is 0 Å². The van der Waals surface area contributed by atoms with Gasteiger partial charge in [-0.1, -0.05) is 0 Å². The van der Waals surface area contributed by atoms with E-state index in [-0.39, 0.29) is 0 Å². The van der Waals surface area contributed by atoms with Gasteiger partial charge in [0.2, 0.25) is 0 Å². The predicted molar refractivity (Wildman–Crippen MR) is 131 cm³/mol. The van der Waals surface area contributed by atoms with E-state index in [0.29, 0.717) is 0 Å². The first kappa shape index (κ1) is 19.3. The second-order valence-electron chi connectivity index (χ2n) is 13.5. The Labute approximate surface area is 177 Å². The monoisotopic (exact) mass is 398 g/mol. The molecule has 28 heavy (non-hydrogen) atoms. The van der Waals surface area contributed by atoms with Crippen LogP contribution in [0, 0.1) is 35.5 Å². The SMILES string of the molecule is BCCCCC[PH](B)(C12CC3C[C@H](C1)C[C@@H](C3)C2)C12CC3C[C@H](C1)C[C@@H](C3)C2. The van der Waals surface area contributed by atoms with Crippen molar-refractivity contribution < 1.29 is 0 Å². The summed E-state index contributed by atoms with van der Waals surface area (Å²) in [6.45, 7) is 0. The Kier molecular flexibility index (Phi) is 4.66. The van der Waals surface area contributed by atoms with Crippen LogP contribution in [0.2, 0.25) is 6.32 Å². The molecule has 0 aromatic carbocycles. The van der Waals surface area contributed by atoms with Crippen LogP contribution in [0.25, 0.3) is 0 Å². The summed E-state index contributed by atoms with van der Waals surface area (Å²) in [5.41, 5.74) is 0. The van der Waals surface area contributed by atoms with E-state index < -0.39 is 7.14 Å². The van der Waals surface area contributed by atoms with Crippen LogP contribution in [0.1, 0.15) is 96.3 Å². The van der Waals surface area contributed by atoms with Crippen molar-refractivity contribution in [3.05, 3.63) is 0 Å². The zero-order chi connectivity index (χ0) is 19.0. The Bertz CT molecular complexity index is 499. The molecule has 0 nitrogen and oxygen atoms in total. The van der Waals surface area contributed by atoms with Gasteiger partial charge in [0.05, 0.1) is 0 Å². The molecule has 0 spiro atoms. The first-order valence-electron chi connectivity index (χ1n) is 13.5. The fourth-order valence-corrected chi connectivity index (χ4v) is 19.1.